The Kier molecular flexibility index (Phi) is 8.00. The van der Waals surface area contributed by atoms with Crippen LogP contribution in [-0.2, 0) is 9.53 Å². The molecule has 2 fully saturated rings. The molecular weight excluding hydrogens is 414 g/mol. The van der Waals surface area contributed by atoms with E-state index in [4.69, 9.17) is 4.74 Å². The Balaban J connectivity index is 1.53. The van der Waals surface area contributed by atoms with Gasteiger partial charge in [-0.2, -0.15) is 0 Å². The maximum absolute atomic E-state index is 13.2. The molecule has 0 radical (unpaired) electrons. The number of nitrogens with one attached hydrogen (secondary N) is 2. The molecule has 2 atom stereocenters. The van der Waals surface area contributed by atoms with Crippen molar-refractivity contribution >= 4 is 23.2 Å². The van der Waals surface area contributed by atoms with Crippen LogP contribution in [-0.4, -0.2) is 44.2 Å². The fourth-order valence-corrected chi connectivity index (χ4v) is 4.80. The summed E-state index contributed by atoms with van der Waals surface area (Å²) in [7, 11) is 0. The van der Waals surface area contributed by atoms with Crippen LogP contribution in [0, 0.1) is 0 Å². The van der Waals surface area contributed by atoms with E-state index < -0.39 is 0 Å². The SMILES string of the molecule is CC[C@H](C(=O)Nc1ccc(N2CCCCC2)c(C(=O)NC[C@@H]2CCCO2)c1)c1ccccc1. The number of nitrogens with zero attached hydrogens (tertiary/aromatic N) is 1. The summed E-state index contributed by atoms with van der Waals surface area (Å²) in [6, 6.07) is 15.5. The Bertz CT molecular complexity index is 935. The summed E-state index contributed by atoms with van der Waals surface area (Å²) in [5.74, 6) is -0.401. The van der Waals surface area contributed by atoms with Crippen LogP contribution in [0.25, 0.3) is 0 Å². The van der Waals surface area contributed by atoms with Crippen molar-refractivity contribution in [3.05, 3.63) is 59.7 Å². The molecule has 2 aliphatic heterocycles. The summed E-state index contributed by atoms with van der Waals surface area (Å²) in [5.41, 5.74) is 3.20. The predicted octanol–water partition coefficient (Wildman–Crippen LogP) is 4.72. The maximum Gasteiger partial charge on any atom is 0.253 e. The van der Waals surface area contributed by atoms with Gasteiger partial charge >= 0.3 is 0 Å². The second-order valence-electron chi connectivity index (χ2n) is 8.99. The molecule has 176 valence electrons. The Labute approximate surface area is 196 Å². The van der Waals surface area contributed by atoms with Crippen LogP contribution in [0.4, 0.5) is 11.4 Å². The highest BCUT2D eigenvalue weighted by molar-refractivity contribution is 6.03. The molecule has 2 amide bonds. The number of benzene rings is 2. The Morgan fingerprint density at radius 2 is 1.85 bits per heavy atom. The molecule has 4 rings (SSSR count). The fraction of sp³-hybridized carbons (Fsp3) is 0.481. The quantitative estimate of drug-likeness (QED) is 0.612. The number of amides is 2. The monoisotopic (exact) mass is 449 g/mol. The van der Waals surface area contributed by atoms with E-state index in [0.29, 0.717) is 24.2 Å². The number of anilines is 2. The number of carbonyl (C=O) groups is 2. The highest BCUT2D eigenvalue weighted by Gasteiger charge is 2.23. The molecule has 2 aliphatic rings. The number of carbonyl (C=O) groups excluding carboxylic acids is 2. The Morgan fingerprint density at radius 1 is 1.06 bits per heavy atom. The van der Waals surface area contributed by atoms with E-state index >= 15 is 0 Å². The maximum atomic E-state index is 13.2. The fourth-order valence-electron chi connectivity index (χ4n) is 4.80. The van der Waals surface area contributed by atoms with Crippen molar-refractivity contribution < 1.29 is 14.3 Å². The number of hydrogen-bond acceptors (Lipinski definition) is 4. The zero-order valence-electron chi connectivity index (χ0n) is 19.5. The van der Waals surface area contributed by atoms with Crippen molar-refractivity contribution in [1.82, 2.24) is 5.32 Å². The molecule has 0 bridgehead atoms. The molecule has 6 nitrogen and oxygen atoms in total. The lowest BCUT2D eigenvalue weighted by Gasteiger charge is -2.30. The van der Waals surface area contributed by atoms with Crippen molar-refractivity contribution in [3.63, 3.8) is 0 Å². The van der Waals surface area contributed by atoms with E-state index in [-0.39, 0.29) is 23.8 Å². The summed E-state index contributed by atoms with van der Waals surface area (Å²) in [6.45, 7) is 5.19. The topological polar surface area (TPSA) is 70.7 Å². The van der Waals surface area contributed by atoms with Crippen LogP contribution < -0.4 is 15.5 Å². The van der Waals surface area contributed by atoms with Crippen LogP contribution in [0.5, 0.6) is 0 Å². The third-order valence-corrected chi connectivity index (χ3v) is 6.65. The van der Waals surface area contributed by atoms with E-state index in [1.54, 1.807) is 0 Å². The van der Waals surface area contributed by atoms with Gasteiger partial charge in [-0.25, -0.2) is 0 Å². The number of ether oxygens (including phenoxy) is 1. The molecular formula is C27H35N3O3. The zero-order valence-corrected chi connectivity index (χ0v) is 19.5. The zero-order chi connectivity index (χ0) is 23.0. The van der Waals surface area contributed by atoms with Crippen LogP contribution in [0.2, 0.25) is 0 Å². The summed E-state index contributed by atoms with van der Waals surface area (Å²) in [6.07, 6.45) is 6.30. The first-order chi connectivity index (χ1) is 16.2. The molecule has 2 aromatic rings. The first kappa shape index (κ1) is 23.3. The van der Waals surface area contributed by atoms with Gasteiger partial charge in [0.2, 0.25) is 5.91 Å². The summed E-state index contributed by atoms with van der Waals surface area (Å²) < 4.78 is 5.66. The molecule has 2 heterocycles. The molecule has 0 unspecified atom stereocenters. The first-order valence-corrected chi connectivity index (χ1v) is 12.3. The third kappa shape index (κ3) is 5.93. The van der Waals surface area contributed by atoms with Crippen molar-refractivity contribution in [1.29, 1.82) is 0 Å². The highest BCUT2D eigenvalue weighted by atomic mass is 16.5. The van der Waals surface area contributed by atoms with Gasteiger partial charge in [-0.3, -0.25) is 9.59 Å². The van der Waals surface area contributed by atoms with Crippen LogP contribution in [0.3, 0.4) is 0 Å². The van der Waals surface area contributed by atoms with Crippen molar-refractivity contribution in [2.75, 3.05) is 36.5 Å². The van der Waals surface area contributed by atoms with Crippen LogP contribution in [0.1, 0.15) is 67.3 Å². The molecule has 0 aliphatic carbocycles. The molecule has 0 spiro atoms. The molecule has 2 N–H and O–H groups in total. The normalized spacial score (nSPS) is 19.2. The Hall–Kier alpha value is -2.86. The van der Waals surface area contributed by atoms with Crippen LogP contribution >= 0.6 is 0 Å². The standard InChI is InChI=1S/C27H35N3O3/c1-2-23(20-10-5-3-6-11-20)27(32)29-21-13-14-25(30-15-7-4-8-16-30)24(18-21)26(31)28-19-22-12-9-17-33-22/h3,5-6,10-11,13-14,18,22-23H,2,4,7-9,12,15-17,19H2,1H3,(H,28,31)(H,29,32)/t22-,23-/m0/s1. The summed E-state index contributed by atoms with van der Waals surface area (Å²) in [4.78, 5) is 28.6. The molecule has 2 saturated heterocycles. The second kappa shape index (κ2) is 11.3. The van der Waals surface area contributed by atoms with E-state index in [9.17, 15) is 9.59 Å². The van der Waals surface area contributed by atoms with Gasteiger partial charge in [-0.15, -0.1) is 0 Å². The number of rotatable bonds is 8. The highest BCUT2D eigenvalue weighted by Crippen LogP contribution is 2.29. The minimum atomic E-state index is -0.232. The van der Waals surface area contributed by atoms with E-state index in [1.165, 1.54) is 6.42 Å². The predicted molar refractivity (Wildman–Crippen MR) is 132 cm³/mol. The molecule has 0 aromatic heterocycles. The lowest BCUT2D eigenvalue weighted by atomic mass is 9.95. The number of hydrogen-bond donors (Lipinski definition) is 2. The molecule has 2 aromatic carbocycles. The average Bonchev–Trinajstić information content (AvgIpc) is 3.38. The van der Waals surface area contributed by atoms with Gasteiger partial charge < -0.3 is 20.3 Å². The van der Waals surface area contributed by atoms with Gasteiger partial charge in [0.25, 0.3) is 5.91 Å². The molecule has 33 heavy (non-hydrogen) atoms. The van der Waals surface area contributed by atoms with Crippen molar-refractivity contribution in [2.45, 2.75) is 57.5 Å². The van der Waals surface area contributed by atoms with Crippen molar-refractivity contribution in [2.24, 2.45) is 0 Å². The van der Waals surface area contributed by atoms with Gasteiger partial charge in [0.1, 0.15) is 0 Å². The van der Waals surface area contributed by atoms with E-state index in [2.05, 4.69) is 15.5 Å². The van der Waals surface area contributed by atoms with Gasteiger partial charge in [0.05, 0.1) is 17.6 Å². The van der Waals surface area contributed by atoms with Gasteiger partial charge in [0, 0.05) is 37.6 Å². The number of piperidine rings is 1. The molecule has 0 saturated carbocycles. The first-order valence-electron chi connectivity index (χ1n) is 12.3. The van der Waals surface area contributed by atoms with Gasteiger partial charge in [-0.05, 0) is 62.3 Å². The minimum absolute atomic E-state index is 0.0554. The lowest BCUT2D eigenvalue weighted by molar-refractivity contribution is -0.117. The smallest absolute Gasteiger partial charge is 0.253 e. The Morgan fingerprint density at radius 3 is 2.55 bits per heavy atom. The van der Waals surface area contributed by atoms with Crippen LogP contribution in [0.15, 0.2) is 48.5 Å². The summed E-state index contributed by atoms with van der Waals surface area (Å²) in [5, 5.41) is 6.11. The van der Waals surface area contributed by atoms with Crippen molar-refractivity contribution in [3.8, 4) is 0 Å². The lowest BCUT2D eigenvalue weighted by Crippen LogP contribution is -2.35. The van der Waals surface area contributed by atoms with E-state index in [0.717, 1.165) is 56.6 Å². The second-order valence-corrected chi connectivity index (χ2v) is 8.99. The van der Waals surface area contributed by atoms with Gasteiger partial charge in [-0.1, -0.05) is 37.3 Å². The average molecular weight is 450 g/mol. The van der Waals surface area contributed by atoms with E-state index in [1.807, 2.05) is 55.5 Å². The van der Waals surface area contributed by atoms with Gasteiger partial charge in [0.15, 0.2) is 0 Å². The third-order valence-electron chi connectivity index (χ3n) is 6.65. The molecule has 6 heteroatoms. The summed E-state index contributed by atoms with van der Waals surface area (Å²) >= 11 is 0. The minimum Gasteiger partial charge on any atom is -0.376 e. The largest absolute Gasteiger partial charge is 0.376 e.